The van der Waals surface area contributed by atoms with Gasteiger partial charge >= 0.3 is 0 Å². The van der Waals surface area contributed by atoms with Crippen molar-refractivity contribution in [1.29, 1.82) is 0 Å². The van der Waals surface area contributed by atoms with Crippen molar-refractivity contribution in [2.75, 3.05) is 26.2 Å². The predicted octanol–water partition coefficient (Wildman–Crippen LogP) is 2.15. The van der Waals surface area contributed by atoms with Gasteiger partial charge in [-0.15, -0.1) is 24.8 Å². The van der Waals surface area contributed by atoms with Crippen LogP contribution in [0.5, 0.6) is 0 Å². The second-order valence-corrected chi connectivity index (χ2v) is 7.19. The minimum atomic E-state index is -0.448. The Morgan fingerprint density at radius 1 is 1.21 bits per heavy atom. The fraction of sp³-hybridized carbons (Fsp3) is 0.750. The summed E-state index contributed by atoms with van der Waals surface area (Å²) in [6, 6.07) is -0.448. The summed E-state index contributed by atoms with van der Waals surface area (Å²) in [5.74, 6) is 1.68. The first kappa shape index (κ1) is 23.2. The van der Waals surface area contributed by atoms with Crippen molar-refractivity contribution in [1.82, 2.24) is 14.8 Å². The number of oxazole rings is 1. The highest BCUT2D eigenvalue weighted by molar-refractivity contribution is 5.85. The molecule has 1 aliphatic heterocycles. The van der Waals surface area contributed by atoms with E-state index in [1.165, 1.54) is 0 Å². The fourth-order valence-electron chi connectivity index (χ4n) is 2.49. The van der Waals surface area contributed by atoms with Crippen LogP contribution in [0.4, 0.5) is 0 Å². The standard InChI is InChI=1S/C16H28N4O2.2ClH/c1-11-12(2)22-13(18-11)10-19-6-8-20(9-7-19)15(21)14(17)16(3,4)5;;/h14H,6-10,17H2,1-5H3;2*1H/t14-;;/m1../s1. The minimum absolute atomic E-state index is 0. The lowest BCUT2D eigenvalue weighted by Crippen LogP contribution is -2.56. The Hall–Kier alpha value is -0.820. The van der Waals surface area contributed by atoms with E-state index in [2.05, 4.69) is 9.88 Å². The number of nitrogens with zero attached hydrogens (tertiary/aromatic N) is 3. The summed E-state index contributed by atoms with van der Waals surface area (Å²) in [5.41, 5.74) is 6.81. The average Bonchev–Trinajstić information content (AvgIpc) is 2.75. The highest BCUT2D eigenvalue weighted by Gasteiger charge is 2.32. The predicted molar refractivity (Wildman–Crippen MR) is 99.8 cm³/mol. The third kappa shape index (κ3) is 5.62. The lowest BCUT2D eigenvalue weighted by atomic mass is 9.86. The van der Waals surface area contributed by atoms with Crippen LogP contribution in [0.15, 0.2) is 4.42 Å². The van der Waals surface area contributed by atoms with Crippen molar-refractivity contribution in [2.24, 2.45) is 11.1 Å². The molecule has 1 fully saturated rings. The zero-order valence-electron chi connectivity index (χ0n) is 15.2. The van der Waals surface area contributed by atoms with Crippen LogP contribution in [0.3, 0.4) is 0 Å². The maximum absolute atomic E-state index is 12.4. The monoisotopic (exact) mass is 380 g/mol. The maximum Gasteiger partial charge on any atom is 0.240 e. The van der Waals surface area contributed by atoms with Crippen LogP contribution < -0.4 is 5.73 Å². The largest absolute Gasteiger partial charge is 0.444 e. The maximum atomic E-state index is 12.4. The third-order valence-corrected chi connectivity index (χ3v) is 4.31. The van der Waals surface area contributed by atoms with E-state index in [0.29, 0.717) is 19.6 Å². The Bertz CT molecular complexity index is 515. The molecule has 1 amide bonds. The first-order valence-electron chi connectivity index (χ1n) is 7.88. The van der Waals surface area contributed by atoms with E-state index >= 15 is 0 Å². The lowest BCUT2D eigenvalue weighted by molar-refractivity contribution is -0.136. The summed E-state index contributed by atoms with van der Waals surface area (Å²) in [4.78, 5) is 21.0. The number of halogens is 2. The molecule has 6 nitrogen and oxygen atoms in total. The quantitative estimate of drug-likeness (QED) is 0.868. The van der Waals surface area contributed by atoms with Gasteiger partial charge in [-0.25, -0.2) is 4.98 Å². The normalized spacial score (nSPS) is 17.0. The van der Waals surface area contributed by atoms with Crippen molar-refractivity contribution in [3.8, 4) is 0 Å². The average molecular weight is 381 g/mol. The van der Waals surface area contributed by atoms with E-state index in [9.17, 15) is 4.79 Å². The number of aryl methyl sites for hydroxylation is 2. The molecule has 1 saturated heterocycles. The molecular formula is C16H30Cl2N4O2. The fourth-order valence-corrected chi connectivity index (χ4v) is 2.49. The van der Waals surface area contributed by atoms with Gasteiger partial charge in [-0.1, -0.05) is 20.8 Å². The van der Waals surface area contributed by atoms with Crippen LogP contribution in [-0.4, -0.2) is 52.9 Å². The smallest absolute Gasteiger partial charge is 0.240 e. The Kier molecular flexibility index (Phi) is 8.73. The number of piperazine rings is 1. The SMILES string of the molecule is Cc1nc(CN2CCN(C(=O)[C@@H](N)C(C)(C)C)CC2)oc1C.Cl.Cl. The van der Waals surface area contributed by atoms with Crippen LogP contribution in [0.1, 0.15) is 38.1 Å². The summed E-state index contributed by atoms with van der Waals surface area (Å²) < 4.78 is 5.62. The van der Waals surface area contributed by atoms with Crippen LogP contribution in [0.25, 0.3) is 0 Å². The molecule has 2 rings (SSSR count). The molecule has 0 aliphatic carbocycles. The lowest BCUT2D eigenvalue weighted by Gasteiger charge is -2.37. The summed E-state index contributed by atoms with van der Waals surface area (Å²) in [6.07, 6.45) is 0. The molecular weight excluding hydrogens is 351 g/mol. The zero-order valence-corrected chi connectivity index (χ0v) is 16.8. The molecule has 1 aliphatic rings. The van der Waals surface area contributed by atoms with Gasteiger partial charge in [-0.05, 0) is 19.3 Å². The molecule has 0 spiro atoms. The molecule has 1 atom stereocenters. The van der Waals surface area contributed by atoms with Gasteiger partial charge < -0.3 is 15.1 Å². The van der Waals surface area contributed by atoms with Gasteiger partial charge in [0, 0.05) is 26.2 Å². The number of carbonyl (C=O) groups excluding carboxylic acids is 1. The molecule has 1 aromatic rings. The van der Waals surface area contributed by atoms with Gasteiger partial charge in [0.2, 0.25) is 11.8 Å². The number of hydrogen-bond acceptors (Lipinski definition) is 5. The molecule has 2 heterocycles. The number of hydrogen-bond donors (Lipinski definition) is 1. The van der Waals surface area contributed by atoms with Gasteiger partial charge in [0.15, 0.2) is 0 Å². The molecule has 0 radical (unpaired) electrons. The van der Waals surface area contributed by atoms with Gasteiger partial charge in [0.05, 0.1) is 18.3 Å². The van der Waals surface area contributed by atoms with E-state index in [4.69, 9.17) is 10.2 Å². The molecule has 0 bridgehead atoms. The Balaban J connectivity index is 0.00000264. The Labute approximate surface area is 157 Å². The summed E-state index contributed by atoms with van der Waals surface area (Å²) in [7, 11) is 0. The summed E-state index contributed by atoms with van der Waals surface area (Å²) in [5, 5.41) is 0. The van der Waals surface area contributed by atoms with Gasteiger partial charge in [-0.2, -0.15) is 0 Å². The van der Waals surface area contributed by atoms with Crippen molar-refractivity contribution in [3.63, 3.8) is 0 Å². The van der Waals surface area contributed by atoms with E-state index in [0.717, 1.165) is 30.4 Å². The second kappa shape index (κ2) is 9.04. The van der Waals surface area contributed by atoms with Gasteiger partial charge in [0.25, 0.3) is 0 Å². The van der Waals surface area contributed by atoms with Crippen LogP contribution in [0, 0.1) is 19.3 Å². The zero-order chi connectivity index (χ0) is 16.5. The van der Waals surface area contributed by atoms with Gasteiger partial charge in [-0.3, -0.25) is 9.69 Å². The Morgan fingerprint density at radius 2 is 1.75 bits per heavy atom. The molecule has 0 saturated carbocycles. The first-order valence-corrected chi connectivity index (χ1v) is 7.88. The molecule has 8 heteroatoms. The van der Waals surface area contributed by atoms with E-state index in [-0.39, 0.29) is 36.1 Å². The number of rotatable bonds is 3. The van der Waals surface area contributed by atoms with Crippen molar-refractivity contribution < 1.29 is 9.21 Å². The van der Waals surface area contributed by atoms with Crippen LogP contribution in [-0.2, 0) is 11.3 Å². The molecule has 24 heavy (non-hydrogen) atoms. The number of aromatic nitrogens is 1. The second-order valence-electron chi connectivity index (χ2n) is 7.19. The molecule has 2 N–H and O–H groups in total. The molecule has 0 aromatic carbocycles. The first-order chi connectivity index (χ1) is 10.2. The number of carbonyl (C=O) groups is 1. The minimum Gasteiger partial charge on any atom is -0.444 e. The summed E-state index contributed by atoms with van der Waals surface area (Å²) >= 11 is 0. The highest BCUT2D eigenvalue weighted by atomic mass is 35.5. The van der Waals surface area contributed by atoms with Crippen molar-refractivity contribution >= 4 is 30.7 Å². The van der Waals surface area contributed by atoms with E-state index in [1.807, 2.05) is 39.5 Å². The molecule has 1 aromatic heterocycles. The van der Waals surface area contributed by atoms with E-state index < -0.39 is 6.04 Å². The van der Waals surface area contributed by atoms with Gasteiger partial charge in [0.1, 0.15) is 5.76 Å². The van der Waals surface area contributed by atoms with Crippen molar-refractivity contribution in [3.05, 3.63) is 17.3 Å². The van der Waals surface area contributed by atoms with E-state index in [1.54, 1.807) is 0 Å². The van der Waals surface area contributed by atoms with Crippen molar-refractivity contribution in [2.45, 2.75) is 47.2 Å². The van der Waals surface area contributed by atoms with Crippen LogP contribution >= 0.6 is 24.8 Å². The number of amides is 1. The highest BCUT2D eigenvalue weighted by Crippen LogP contribution is 2.20. The Morgan fingerprint density at radius 3 is 2.17 bits per heavy atom. The third-order valence-electron chi connectivity index (χ3n) is 4.31. The number of nitrogens with two attached hydrogens (primary N) is 1. The topological polar surface area (TPSA) is 75.6 Å². The molecule has 140 valence electrons. The molecule has 0 unspecified atom stereocenters. The summed E-state index contributed by atoms with van der Waals surface area (Å²) in [6.45, 7) is 13.6. The van der Waals surface area contributed by atoms with Crippen LogP contribution in [0.2, 0.25) is 0 Å².